The van der Waals surface area contributed by atoms with Crippen molar-refractivity contribution in [3.63, 3.8) is 0 Å². The van der Waals surface area contributed by atoms with Crippen molar-refractivity contribution in [2.75, 3.05) is 24.6 Å². The average Bonchev–Trinajstić information content (AvgIpc) is 2.83. The number of hydrogen-bond donors (Lipinski definition) is 1. The molecule has 0 saturated carbocycles. The standard InChI is InChI=1S/C16H23N3O3S/c1-12-5-6-13(9-17-12)16(20)18-14-10-23(21,22)11-15(14)19-7-3-2-4-8-19/h5-6,9,14-15H,2-4,7-8,10-11H2,1H3,(H,18,20). The van der Waals surface area contributed by atoms with Crippen LogP contribution >= 0.6 is 0 Å². The molecule has 0 spiro atoms. The number of sulfone groups is 1. The van der Waals surface area contributed by atoms with Crippen LogP contribution in [0.25, 0.3) is 0 Å². The topological polar surface area (TPSA) is 79.4 Å². The van der Waals surface area contributed by atoms with Crippen molar-refractivity contribution in [1.29, 1.82) is 0 Å². The molecular weight excluding hydrogens is 314 g/mol. The molecule has 7 heteroatoms. The molecule has 0 aliphatic carbocycles. The SMILES string of the molecule is Cc1ccc(C(=O)NC2CS(=O)(=O)CC2N2CCCCC2)cn1. The first-order chi connectivity index (χ1) is 10.9. The van der Waals surface area contributed by atoms with Gasteiger partial charge in [0.2, 0.25) is 0 Å². The molecule has 2 atom stereocenters. The molecule has 2 unspecified atom stereocenters. The van der Waals surface area contributed by atoms with Gasteiger partial charge in [-0.3, -0.25) is 14.7 Å². The highest BCUT2D eigenvalue weighted by Crippen LogP contribution is 2.22. The lowest BCUT2D eigenvalue weighted by Crippen LogP contribution is -2.52. The molecule has 3 rings (SSSR count). The summed E-state index contributed by atoms with van der Waals surface area (Å²) in [6.45, 7) is 3.69. The van der Waals surface area contributed by atoms with E-state index in [2.05, 4.69) is 15.2 Å². The number of pyridine rings is 1. The quantitative estimate of drug-likeness (QED) is 0.881. The molecule has 3 heterocycles. The molecule has 23 heavy (non-hydrogen) atoms. The van der Waals surface area contributed by atoms with E-state index in [9.17, 15) is 13.2 Å². The Morgan fingerprint density at radius 3 is 2.61 bits per heavy atom. The third-order valence-corrected chi connectivity index (χ3v) is 6.39. The largest absolute Gasteiger partial charge is 0.347 e. The highest BCUT2D eigenvalue weighted by molar-refractivity contribution is 7.91. The van der Waals surface area contributed by atoms with Crippen molar-refractivity contribution in [2.45, 2.75) is 38.3 Å². The second kappa shape index (κ2) is 6.57. The number of rotatable bonds is 3. The Morgan fingerprint density at radius 2 is 1.96 bits per heavy atom. The summed E-state index contributed by atoms with van der Waals surface area (Å²) in [5.74, 6) is -0.0786. The summed E-state index contributed by atoms with van der Waals surface area (Å²) in [6, 6.07) is 3.05. The number of nitrogens with one attached hydrogen (secondary N) is 1. The molecule has 1 aromatic heterocycles. The van der Waals surface area contributed by atoms with Crippen molar-refractivity contribution in [1.82, 2.24) is 15.2 Å². The lowest BCUT2D eigenvalue weighted by molar-refractivity contribution is 0.0899. The normalized spacial score (nSPS) is 27.7. The van der Waals surface area contributed by atoms with Crippen LogP contribution in [0.5, 0.6) is 0 Å². The first-order valence-corrected chi connectivity index (χ1v) is 9.95. The first-order valence-electron chi connectivity index (χ1n) is 8.13. The van der Waals surface area contributed by atoms with E-state index < -0.39 is 9.84 Å². The summed E-state index contributed by atoms with van der Waals surface area (Å²) in [7, 11) is -3.10. The van der Waals surface area contributed by atoms with E-state index in [0.29, 0.717) is 5.56 Å². The number of nitrogens with zero attached hydrogens (tertiary/aromatic N) is 2. The molecule has 1 amide bonds. The van der Waals surface area contributed by atoms with Gasteiger partial charge in [0, 0.05) is 17.9 Å². The van der Waals surface area contributed by atoms with Crippen molar-refractivity contribution < 1.29 is 13.2 Å². The molecule has 2 aliphatic heterocycles. The molecule has 6 nitrogen and oxygen atoms in total. The maximum Gasteiger partial charge on any atom is 0.253 e. The third kappa shape index (κ3) is 3.90. The Labute approximate surface area is 137 Å². The highest BCUT2D eigenvalue weighted by Gasteiger charge is 2.41. The van der Waals surface area contributed by atoms with E-state index in [1.165, 1.54) is 12.6 Å². The van der Waals surface area contributed by atoms with Crippen molar-refractivity contribution in [3.05, 3.63) is 29.6 Å². The zero-order valence-electron chi connectivity index (χ0n) is 13.4. The van der Waals surface area contributed by atoms with Gasteiger partial charge in [0.15, 0.2) is 9.84 Å². The van der Waals surface area contributed by atoms with Crippen LogP contribution in [0.1, 0.15) is 35.3 Å². The minimum absolute atomic E-state index is 0.0270. The number of likely N-dealkylation sites (tertiary alicyclic amines) is 1. The lowest BCUT2D eigenvalue weighted by atomic mass is 10.0. The van der Waals surface area contributed by atoms with Crippen LogP contribution in [0.15, 0.2) is 18.3 Å². The molecular formula is C16H23N3O3S. The number of hydrogen-bond acceptors (Lipinski definition) is 5. The van der Waals surface area contributed by atoms with E-state index >= 15 is 0 Å². The molecule has 0 bridgehead atoms. The number of carbonyl (C=O) groups is 1. The number of piperidine rings is 1. The van der Waals surface area contributed by atoms with Crippen LogP contribution < -0.4 is 5.32 Å². The molecule has 1 aromatic rings. The summed E-state index contributed by atoms with van der Waals surface area (Å²) < 4.78 is 24.1. The fourth-order valence-corrected chi connectivity index (χ4v) is 5.38. The Bertz CT molecular complexity index is 666. The summed E-state index contributed by atoms with van der Waals surface area (Å²) in [6.07, 6.45) is 4.92. The summed E-state index contributed by atoms with van der Waals surface area (Å²) in [4.78, 5) is 18.7. The fourth-order valence-electron chi connectivity index (χ4n) is 3.43. The smallest absolute Gasteiger partial charge is 0.253 e. The van der Waals surface area contributed by atoms with Crippen molar-refractivity contribution >= 4 is 15.7 Å². The number of amides is 1. The minimum Gasteiger partial charge on any atom is -0.347 e. The zero-order chi connectivity index (χ0) is 16.4. The van der Waals surface area contributed by atoms with Gasteiger partial charge in [-0.15, -0.1) is 0 Å². The highest BCUT2D eigenvalue weighted by atomic mass is 32.2. The van der Waals surface area contributed by atoms with Crippen LogP contribution in [-0.2, 0) is 9.84 Å². The summed E-state index contributed by atoms with van der Waals surface area (Å²) in [5, 5.41) is 2.92. The van der Waals surface area contributed by atoms with Gasteiger partial charge in [-0.05, 0) is 45.0 Å². The maximum absolute atomic E-state index is 12.4. The third-order valence-electron chi connectivity index (χ3n) is 4.67. The second-order valence-electron chi connectivity index (χ2n) is 6.51. The van der Waals surface area contributed by atoms with Gasteiger partial charge >= 0.3 is 0 Å². The van der Waals surface area contributed by atoms with Crippen LogP contribution in [0.3, 0.4) is 0 Å². The van der Waals surface area contributed by atoms with E-state index in [-0.39, 0.29) is 29.5 Å². The Kier molecular flexibility index (Phi) is 4.68. The molecule has 2 saturated heterocycles. The predicted molar refractivity (Wildman–Crippen MR) is 88.1 cm³/mol. The van der Waals surface area contributed by atoms with Gasteiger partial charge < -0.3 is 5.32 Å². The number of carbonyl (C=O) groups excluding carboxylic acids is 1. The Balaban J connectivity index is 1.73. The summed E-state index contributed by atoms with van der Waals surface area (Å²) in [5.41, 5.74) is 1.31. The van der Waals surface area contributed by atoms with Gasteiger partial charge in [-0.25, -0.2) is 8.42 Å². The predicted octanol–water partition coefficient (Wildman–Crippen LogP) is 0.771. The molecule has 2 fully saturated rings. The zero-order valence-corrected chi connectivity index (χ0v) is 14.2. The molecule has 2 aliphatic rings. The minimum atomic E-state index is -3.10. The second-order valence-corrected chi connectivity index (χ2v) is 8.66. The fraction of sp³-hybridized carbons (Fsp3) is 0.625. The van der Waals surface area contributed by atoms with Crippen LogP contribution in [0.4, 0.5) is 0 Å². The molecule has 1 N–H and O–H groups in total. The van der Waals surface area contributed by atoms with E-state index in [0.717, 1.165) is 31.6 Å². The number of aromatic nitrogens is 1. The van der Waals surface area contributed by atoms with E-state index in [1.807, 2.05) is 6.92 Å². The first kappa shape index (κ1) is 16.4. The Morgan fingerprint density at radius 1 is 1.22 bits per heavy atom. The molecule has 0 radical (unpaired) electrons. The van der Waals surface area contributed by atoms with E-state index in [1.54, 1.807) is 12.1 Å². The average molecular weight is 337 g/mol. The van der Waals surface area contributed by atoms with Crippen LogP contribution in [-0.4, -0.2) is 60.9 Å². The summed E-state index contributed by atoms with van der Waals surface area (Å²) >= 11 is 0. The van der Waals surface area contributed by atoms with Gasteiger partial charge in [0.05, 0.1) is 23.1 Å². The molecule has 126 valence electrons. The van der Waals surface area contributed by atoms with Crippen molar-refractivity contribution in [3.8, 4) is 0 Å². The van der Waals surface area contributed by atoms with Crippen LogP contribution in [0, 0.1) is 6.92 Å². The monoisotopic (exact) mass is 337 g/mol. The van der Waals surface area contributed by atoms with Crippen LogP contribution in [0.2, 0.25) is 0 Å². The van der Waals surface area contributed by atoms with Gasteiger partial charge in [0.25, 0.3) is 5.91 Å². The van der Waals surface area contributed by atoms with Gasteiger partial charge in [-0.1, -0.05) is 6.42 Å². The molecule has 0 aromatic carbocycles. The number of aryl methyl sites for hydroxylation is 1. The Hall–Kier alpha value is -1.47. The lowest BCUT2D eigenvalue weighted by Gasteiger charge is -2.35. The van der Waals surface area contributed by atoms with E-state index in [4.69, 9.17) is 0 Å². The van der Waals surface area contributed by atoms with Gasteiger partial charge in [0.1, 0.15) is 0 Å². The van der Waals surface area contributed by atoms with Crippen molar-refractivity contribution in [2.24, 2.45) is 0 Å². The maximum atomic E-state index is 12.4. The van der Waals surface area contributed by atoms with Gasteiger partial charge in [-0.2, -0.15) is 0 Å².